The molecule has 0 amide bonds. The molecular weight excluding hydrogens is 467 g/mol. The van der Waals surface area contributed by atoms with Crippen LogP contribution in [0.5, 0.6) is 0 Å². The molecule has 0 aromatic rings. The van der Waals surface area contributed by atoms with Crippen molar-refractivity contribution >= 4 is 29.9 Å². The Balaban J connectivity index is 0.00000280. The van der Waals surface area contributed by atoms with E-state index < -0.39 is 0 Å². The molecule has 7 heteroatoms. The van der Waals surface area contributed by atoms with Crippen LogP contribution in [0.3, 0.4) is 0 Å². The Bertz CT molecular complexity index is 444. The molecule has 1 N–H and O–H groups in total. The molecule has 3 saturated heterocycles. The van der Waals surface area contributed by atoms with Crippen LogP contribution >= 0.6 is 24.0 Å². The maximum absolute atomic E-state index is 6.16. The Hall–Kier alpha value is -0.120. The number of hydrogen-bond donors (Lipinski definition) is 1. The van der Waals surface area contributed by atoms with Gasteiger partial charge in [-0.05, 0) is 77.9 Å². The van der Waals surface area contributed by atoms with Crippen LogP contribution in [0, 0.1) is 5.92 Å². The van der Waals surface area contributed by atoms with Gasteiger partial charge in [0.25, 0.3) is 0 Å². The van der Waals surface area contributed by atoms with Crippen molar-refractivity contribution in [3.8, 4) is 0 Å². The molecule has 3 fully saturated rings. The van der Waals surface area contributed by atoms with Gasteiger partial charge in [0.05, 0.1) is 18.8 Å². The highest BCUT2D eigenvalue weighted by molar-refractivity contribution is 14.0. The largest absolute Gasteiger partial charge is 0.376 e. The fraction of sp³-hybridized carbons (Fsp3) is 0.952. The molecule has 3 aliphatic heterocycles. The smallest absolute Gasteiger partial charge is 0.193 e. The average molecular weight is 508 g/mol. The molecule has 1 atom stereocenters. The number of nitrogens with one attached hydrogen (secondary N) is 1. The van der Waals surface area contributed by atoms with E-state index in [9.17, 15) is 0 Å². The van der Waals surface area contributed by atoms with Gasteiger partial charge < -0.3 is 24.6 Å². The number of likely N-dealkylation sites (tertiary alicyclic amines) is 2. The van der Waals surface area contributed by atoms with Crippen molar-refractivity contribution in [1.82, 2.24) is 15.1 Å². The van der Waals surface area contributed by atoms with Crippen molar-refractivity contribution < 1.29 is 9.47 Å². The summed E-state index contributed by atoms with van der Waals surface area (Å²) < 4.78 is 11.9. The second-order valence-corrected chi connectivity index (χ2v) is 8.45. The summed E-state index contributed by atoms with van der Waals surface area (Å²) in [7, 11) is 2.22. The van der Waals surface area contributed by atoms with E-state index in [4.69, 9.17) is 14.5 Å². The highest BCUT2D eigenvalue weighted by Gasteiger charge is 2.24. The minimum atomic E-state index is 0. The zero-order valence-electron chi connectivity index (χ0n) is 17.9. The normalized spacial score (nSPS) is 26.1. The second-order valence-electron chi connectivity index (χ2n) is 8.45. The van der Waals surface area contributed by atoms with E-state index in [1.165, 1.54) is 38.8 Å². The lowest BCUT2D eigenvalue weighted by Crippen LogP contribution is -2.47. The first kappa shape index (κ1) is 24.2. The maximum Gasteiger partial charge on any atom is 0.193 e. The van der Waals surface area contributed by atoms with Crippen molar-refractivity contribution in [2.45, 2.75) is 64.1 Å². The summed E-state index contributed by atoms with van der Waals surface area (Å²) in [6.45, 7) is 10.2. The molecule has 3 heterocycles. The van der Waals surface area contributed by atoms with Crippen molar-refractivity contribution in [3.05, 3.63) is 0 Å². The van der Waals surface area contributed by atoms with Crippen LogP contribution in [0.4, 0.5) is 0 Å². The van der Waals surface area contributed by atoms with E-state index in [1.807, 2.05) is 0 Å². The number of piperidine rings is 2. The van der Waals surface area contributed by atoms with E-state index in [0.29, 0.717) is 12.2 Å². The standard InChI is InChI=1S/C21H40N4O2.HI/c1-3-22-21(23-16-18-7-11-24(2)12-8-18)25-13-9-19(10-14-25)27-17-20-6-4-5-15-26-20;/h18-20H,3-17H2,1-2H3,(H,22,23);1H. The highest BCUT2D eigenvalue weighted by atomic mass is 127. The molecular formula is C21H41IN4O2. The van der Waals surface area contributed by atoms with E-state index in [1.54, 1.807) is 0 Å². The zero-order chi connectivity index (χ0) is 18.9. The molecule has 0 aromatic heterocycles. The summed E-state index contributed by atoms with van der Waals surface area (Å²) in [6.07, 6.45) is 9.08. The molecule has 28 heavy (non-hydrogen) atoms. The Morgan fingerprint density at radius 1 is 1.07 bits per heavy atom. The number of ether oxygens (including phenoxy) is 2. The third-order valence-electron chi connectivity index (χ3n) is 6.21. The highest BCUT2D eigenvalue weighted by Crippen LogP contribution is 2.19. The van der Waals surface area contributed by atoms with Crippen LogP contribution in [-0.2, 0) is 9.47 Å². The number of guanidine groups is 1. The van der Waals surface area contributed by atoms with Crippen LogP contribution < -0.4 is 5.32 Å². The lowest BCUT2D eigenvalue weighted by molar-refractivity contribution is -0.0721. The number of halogens is 1. The molecule has 164 valence electrons. The first-order valence-corrected chi connectivity index (χ1v) is 11.2. The Labute approximate surface area is 188 Å². The van der Waals surface area contributed by atoms with Crippen LogP contribution in [0.15, 0.2) is 4.99 Å². The molecule has 0 aromatic carbocycles. The number of nitrogens with zero attached hydrogens (tertiary/aromatic N) is 3. The third-order valence-corrected chi connectivity index (χ3v) is 6.21. The van der Waals surface area contributed by atoms with Crippen LogP contribution in [0.25, 0.3) is 0 Å². The van der Waals surface area contributed by atoms with Gasteiger partial charge in [0.15, 0.2) is 5.96 Å². The predicted molar refractivity (Wildman–Crippen MR) is 126 cm³/mol. The minimum absolute atomic E-state index is 0. The fourth-order valence-electron chi connectivity index (χ4n) is 4.30. The summed E-state index contributed by atoms with van der Waals surface area (Å²) in [5, 5.41) is 3.50. The summed E-state index contributed by atoms with van der Waals surface area (Å²) in [5.41, 5.74) is 0. The minimum Gasteiger partial charge on any atom is -0.376 e. The van der Waals surface area contributed by atoms with Crippen molar-refractivity contribution in [2.75, 3.05) is 59.5 Å². The van der Waals surface area contributed by atoms with Gasteiger partial charge in [0.1, 0.15) is 0 Å². The molecule has 0 radical (unpaired) electrons. The van der Waals surface area contributed by atoms with Gasteiger partial charge in [-0.3, -0.25) is 4.99 Å². The molecule has 0 spiro atoms. The molecule has 6 nitrogen and oxygen atoms in total. The maximum atomic E-state index is 6.16. The number of hydrogen-bond acceptors (Lipinski definition) is 4. The van der Waals surface area contributed by atoms with E-state index in [-0.39, 0.29) is 24.0 Å². The van der Waals surface area contributed by atoms with E-state index in [2.05, 4.69) is 29.1 Å². The van der Waals surface area contributed by atoms with Gasteiger partial charge in [0, 0.05) is 32.8 Å². The number of aliphatic imine (C=N–C) groups is 1. The Kier molecular flexibility index (Phi) is 11.4. The van der Waals surface area contributed by atoms with Gasteiger partial charge in [0.2, 0.25) is 0 Å². The number of rotatable bonds is 6. The van der Waals surface area contributed by atoms with Gasteiger partial charge in [-0.1, -0.05) is 0 Å². The summed E-state index contributed by atoms with van der Waals surface area (Å²) in [5.74, 6) is 1.84. The monoisotopic (exact) mass is 508 g/mol. The molecule has 3 rings (SSSR count). The van der Waals surface area contributed by atoms with E-state index >= 15 is 0 Å². The summed E-state index contributed by atoms with van der Waals surface area (Å²) in [6, 6.07) is 0. The van der Waals surface area contributed by atoms with Crippen molar-refractivity contribution in [3.63, 3.8) is 0 Å². The second kappa shape index (κ2) is 13.2. The van der Waals surface area contributed by atoms with Crippen LogP contribution in [0.2, 0.25) is 0 Å². The quantitative estimate of drug-likeness (QED) is 0.340. The summed E-state index contributed by atoms with van der Waals surface area (Å²) in [4.78, 5) is 9.83. The topological polar surface area (TPSA) is 49.3 Å². The van der Waals surface area contributed by atoms with E-state index in [0.717, 1.165) is 70.5 Å². The Morgan fingerprint density at radius 3 is 2.46 bits per heavy atom. The van der Waals surface area contributed by atoms with Gasteiger partial charge >= 0.3 is 0 Å². The van der Waals surface area contributed by atoms with Gasteiger partial charge in [-0.25, -0.2) is 0 Å². The lowest BCUT2D eigenvalue weighted by atomic mass is 9.97. The van der Waals surface area contributed by atoms with Gasteiger partial charge in [-0.2, -0.15) is 0 Å². The predicted octanol–water partition coefficient (Wildman–Crippen LogP) is 2.96. The lowest BCUT2D eigenvalue weighted by Gasteiger charge is -2.35. The van der Waals surface area contributed by atoms with Crippen molar-refractivity contribution in [2.24, 2.45) is 10.9 Å². The average Bonchev–Trinajstić information content (AvgIpc) is 2.72. The van der Waals surface area contributed by atoms with Crippen molar-refractivity contribution in [1.29, 1.82) is 0 Å². The molecule has 0 aliphatic carbocycles. The molecule has 3 aliphatic rings. The first-order chi connectivity index (χ1) is 13.2. The molecule has 0 saturated carbocycles. The van der Waals surface area contributed by atoms with Crippen LogP contribution in [0.1, 0.15) is 51.9 Å². The van der Waals surface area contributed by atoms with Crippen LogP contribution in [-0.4, -0.2) is 87.5 Å². The zero-order valence-corrected chi connectivity index (χ0v) is 20.2. The SMILES string of the molecule is CCNC(=NCC1CCN(C)CC1)N1CCC(OCC2CCCCO2)CC1.I. The summed E-state index contributed by atoms with van der Waals surface area (Å²) >= 11 is 0. The Morgan fingerprint density at radius 2 is 1.82 bits per heavy atom. The third kappa shape index (κ3) is 7.95. The molecule has 1 unspecified atom stereocenters. The van der Waals surface area contributed by atoms with Gasteiger partial charge in [-0.15, -0.1) is 24.0 Å². The fourth-order valence-corrected chi connectivity index (χ4v) is 4.30. The first-order valence-electron chi connectivity index (χ1n) is 11.2. The molecule has 0 bridgehead atoms.